The molecule has 0 saturated carbocycles. The maximum absolute atomic E-state index is 12.3. The van der Waals surface area contributed by atoms with Gasteiger partial charge in [0.15, 0.2) is 0 Å². The van der Waals surface area contributed by atoms with Crippen LogP contribution in [0.1, 0.15) is 17.5 Å². The molecule has 3 rings (SSSR count). The van der Waals surface area contributed by atoms with Crippen molar-refractivity contribution in [2.45, 2.75) is 24.1 Å². The number of nitrogens with zero attached hydrogens (tertiary/aromatic N) is 1. The number of hydrogen-bond donors (Lipinski definition) is 2. The number of hydrogen-bond acceptors (Lipinski definition) is 5. The highest BCUT2D eigenvalue weighted by molar-refractivity contribution is 7.91. The number of aromatic amines is 1. The molecule has 0 atom stereocenters. The third-order valence-electron chi connectivity index (χ3n) is 3.45. The van der Waals surface area contributed by atoms with Crippen LogP contribution in [0.5, 0.6) is 0 Å². The molecular weight excluding hydrogens is 334 g/mol. The molecule has 0 radical (unpaired) electrons. The zero-order valence-corrected chi connectivity index (χ0v) is 14.0. The largest absolute Gasteiger partial charge is 0.272 e. The molecule has 1 aromatic carbocycles. The highest BCUT2D eigenvalue weighted by Gasteiger charge is 2.17. The average Bonchev–Trinajstić information content (AvgIpc) is 3.05. The van der Waals surface area contributed by atoms with Crippen LogP contribution in [0.25, 0.3) is 10.8 Å². The molecule has 0 spiro atoms. The van der Waals surface area contributed by atoms with Gasteiger partial charge in [0.2, 0.25) is 10.0 Å². The summed E-state index contributed by atoms with van der Waals surface area (Å²) in [5.41, 5.74) is 0.189. The van der Waals surface area contributed by atoms with Crippen molar-refractivity contribution in [3.63, 3.8) is 0 Å². The van der Waals surface area contributed by atoms with E-state index in [-0.39, 0.29) is 16.3 Å². The van der Waals surface area contributed by atoms with Gasteiger partial charge in [-0.2, -0.15) is 5.10 Å². The van der Waals surface area contributed by atoms with Crippen LogP contribution >= 0.6 is 11.3 Å². The maximum atomic E-state index is 12.3. The minimum absolute atomic E-state index is 0.0129. The Bertz CT molecular complexity index is 1010. The third kappa shape index (κ3) is 3.19. The van der Waals surface area contributed by atoms with E-state index in [1.807, 2.05) is 13.0 Å². The second-order valence-electron chi connectivity index (χ2n) is 4.94. The summed E-state index contributed by atoms with van der Waals surface area (Å²) in [4.78, 5) is 12.7. The number of H-pyrrole nitrogens is 1. The van der Waals surface area contributed by atoms with E-state index in [1.54, 1.807) is 30.3 Å². The number of sulfonamides is 1. The number of rotatable bonds is 5. The van der Waals surface area contributed by atoms with Gasteiger partial charge in [-0.1, -0.05) is 25.1 Å². The van der Waals surface area contributed by atoms with E-state index in [2.05, 4.69) is 14.9 Å². The Hall–Kier alpha value is -2.03. The van der Waals surface area contributed by atoms with Crippen molar-refractivity contribution in [2.24, 2.45) is 0 Å². The molecule has 2 N–H and O–H groups in total. The second kappa shape index (κ2) is 6.23. The number of benzene rings is 1. The van der Waals surface area contributed by atoms with Crippen molar-refractivity contribution in [3.05, 3.63) is 57.3 Å². The summed E-state index contributed by atoms with van der Waals surface area (Å²) in [7, 11) is -3.59. The van der Waals surface area contributed by atoms with Crippen LogP contribution in [0.4, 0.5) is 0 Å². The standard InChI is InChI=1S/C15H15N3O3S2/c1-2-10-7-8-14(22-10)23(20,21)16-9-13-11-5-3-4-6-12(11)15(19)18-17-13/h3-8,16H,2,9H2,1H3,(H,18,19). The van der Waals surface area contributed by atoms with Crippen molar-refractivity contribution in [3.8, 4) is 0 Å². The molecule has 0 saturated heterocycles. The molecule has 2 heterocycles. The summed E-state index contributed by atoms with van der Waals surface area (Å²) >= 11 is 1.25. The summed E-state index contributed by atoms with van der Waals surface area (Å²) in [6.07, 6.45) is 0.798. The third-order valence-corrected chi connectivity index (χ3v) is 6.58. The molecule has 0 bridgehead atoms. The van der Waals surface area contributed by atoms with Gasteiger partial charge < -0.3 is 0 Å². The van der Waals surface area contributed by atoms with E-state index in [0.717, 1.165) is 11.3 Å². The first-order valence-corrected chi connectivity index (χ1v) is 9.36. The quantitative estimate of drug-likeness (QED) is 0.737. The van der Waals surface area contributed by atoms with Gasteiger partial charge in [-0.25, -0.2) is 18.2 Å². The van der Waals surface area contributed by atoms with Gasteiger partial charge in [-0.05, 0) is 24.6 Å². The fourth-order valence-corrected chi connectivity index (χ4v) is 4.56. The van der Waals surface area contributed by atoms with Crippen LogP contribution < -0.4 is 10.3 Å². The van der Waals surface area contributed by atoms with Crippen LogP contribution in [-0.4, -0.2) is 18.6 Å². The summed E-state index contributed by atoms with van der Waals surface area (Å²) in [5.74, 6) is 0. The lowest BCUT2D eigenvalue weighted by Gasteiger charge is -2.06. The zero-order valence-electron chi connectivity index (χ0n) is 12.4. The van der Waals surface area contributed by atoms with E-state index in [1.165, 1.54) is 11.3 Å². The van der Waals surface area contributed by atoms with Crippen molar-refractivity contribution in [1.29, 1.82) is 0 Å². The molecule has 8 heteroatoms. The highest BCUT2D eigenvalue weighted by Crippen LogP contribution is 2.22. The Morgan fingerprint density at radius 3 is 2.61 bits per heavy atom. The SMILES string of the molecule is CCc1ccc(S(=O)(=O)NCc2n[nH]c(=O)c3ccccc23)s1. The monoisotopic (exact) mass is 349 g/mol. The lowest BCUT2D eigenvalue weighted by Crippen LogP contribution is -2.24. The molecule has 120 valence electrons. The van der Waals surface area contributed by atoms with Gasteiger partial charge >= 0.3 is 0 Å². The van der Waals surface area contributed by atoms with Gasteiger partial charge in [-0.15, -0.1) is 11.3 Å². The van der Waals surface area contributed by atoms with Gasteiger partial charge in [0.25, 0.3) is 5.56 Å². The van der Waals surface area contributed by atoms with Crippen molar-refractivity contribution in [1.82, 2.24) is 14.9 Å². The maximum Gasteiger partial charge on any atom is 0.272 e. The number of aromatic nitrogens is 2. The topological polar surface area (TPSA) is 91.9 Å². The molecular formula is C15H15N3O3S2. The second-order valence-corrected chi connectivity index (χ2v) is 8.11. The van der Waals surface area contributed by atoms with Crippen LogP contribution in [0.2, 0.25) is 0 Å². The fourth-order valence-electron chi connectivity index (χ4n) is 2.23. The van der Waals surface area contributed by atoms with Crippen LogP contribution in [-0.2, 0) is 23.0 Å². The summed E-state index contributed by atoms with van der Waals surface area (Å²) < 4.78 is 27.5. The lowest BCUT2D eigenvalue weighted by atomic mass is 10.1. The van der Waals surface area contributed by atoms with E-state index in [4.69, 9.17) is 0 Å². The van der Waals surface area contributed by atoms with Gasteiger partial charge in [0.05, 0.1) is 17.6 Å². The molecule has 0 aliphatic carbocycles. The predicted molar refractivity (Wildman–Crippen MR) is 90.1 cm³/mol. The molecule has 0 aliphatic rings. The van der Waals surface area contributed by atoms with E-state index in [9.17, 15) is 13.2 Å². The minimum Gasteiger partial charge on any atom is -0.267 e. The lowest BCUT2D eigenvalue weighted by molar-refractivity contribution is 0.582. The van der Waals surface area contributed by atoms with Crippen molar-refractivity contribution < 1.29 is 8.42 Å². The Balaban J connectivity index is 1.89. The molecule has 0 aliphatic heterocycles. The van der Waals surface area contributed by atoms with Gasteiger partial charge in [0, 0.05) is 10.3 Å². The molecule has 0 fully saturated rings. The molecule has 2 aromatic heterocycles. The van der Waals surface area contributed by atoms with E-state index in [0.29, 0.717) is 16.5 Å². The van der Waals surface area contributed by atoms with Crippen molar-refractivity contribution in [2.75, 3.05) is 0 Å². The normalized spacial score (nSPS) is 11.9. The predicted octanol–water partition coefficient (Wildman–Crippen LogP) is 2.03. The molecule has 3 aromatic rings. The van der Waals surface area contributed by atoms with Gasteiger partial charge in [0.1, 0.15) is 4.21 Å². The number of nitrogens with one attached hydrogen (secondary N) is 2. The van der Waals surface area contributed by atoms with Crippen LogP contribution in [0.15, 0.2) is 45.4 Å². The Morgan fingerprint density at radius 2 is 1.91 bits per heavy atom. The summed E-state index contributed by atoms with van der Waals surface area (Å²) in [6, 6.07) is 10.4. The average molecular weight is 349 g/mol. The first-order chi connectivity index (χ1) is 11.0. The fraction of sp³-hybridized carbons (Fsp3) is 0.200. The highest BCUT2D eigenvalue weighted by atomic mass is 32.2. The molecule has 0 unspecified atom stereocenters. The molecule has 0 amide bonds. The van der Waals surface area contributed by atoms with E-state index < -0.39 is 10.0 Å². The minimum atomic E-state index is -3.59. The smallest absolute Gasteiger partial charge is 0.267 e. The van der Waals surface area contributed by atoms with E-state index >= 15 is 0 Å². The zero-order chi connectivity index (χ0) is 16.4. The number of thiophene rings is 1. The molecule has 6 nitrogen and oxygen atoms in total. The summed E-state index contributed by atoms with van der Waals surface area (Å²) in [5, 5.41) is 7.48. The Labute approximate surface area is 137 Å². The number of aryl methyl sites for hydroxylation is 1. The Kier molecular flexibility index (Phi) is 4.29. The van der Waals surface area contributed by atoms with Crippen LogP contribution in [0, 0.1) is 0 Å². The molecule has 23 heavy (non-hydrogen) atoms. The van der Waals surface area contributed by atoms with Crippen molar-refractivity contribution >= 4 is 32.1 Å². The van der Waals surface area contributed by atoms with Crippen LogP contribution in [0.3, 0.4) is 0 Å². The Morgan fingerprint density at radius 1 is 1.17 bits per heavy atom. The van der Waals surface area contributed by atoms with Gasteiger partial charge in [-0.3, -0.25) is 4.79 Å². The summed E-state index contributed by atoms with van der Waals surface area (Å²) in [6.45, 7) is 1.99. The number of fused-ring (bicyclic) bond motifs is 1. The first kappa shape index (κ1) is 15.9. The first-order valence-electron chi connectivity index (χ1n) is 7.06.